The third-order valence-electron chi connectivity index (χ3n) is 4.61. The van der Waals surface area contributed by atoms with E-state index in [1.165, 1.54) is 6.07 Å². The molecule has 30 heavy (non-hydrogen) atoms. The quantitative estimate of drug-likeness (QED) is 0.519. The lowest BCUT2D eigenvalue weighted by Crippen LogP contribution is -2.42. The van der Waals surface area contributed by atoms with Crippen LogP contribution in [0.4, 0.5) is 18.2 Å². The molecule has 0 unspecified atom stereocenters. The fourth-order valence-corrected chi connectivity index (χ4v) is 4.12. The monoisotopic (exact) mass is 438 g/mol. The van der Waals surface area contributed by atoms with Gasteiger partial charge in [-0.3, -0.25) is 4.79 Å². The molecule has 2 heterocycles. The van der Waals surface area contributed by atoms with Crippen LogP contribution >= 0.6 is 11.3 Å². The van der Waals surface area contributed by atoms with E-state index in [9.17, 15) is 18.0 Å². The largest absolute Gasteiger partial charge is 0.389 e. The number of nitrogens with two attached hydrogens (primary N) is 1. The second-order valence-electron chi connectivity index (χ2n) is 6.62. The molecule has 0 radical (unpaired) electrons. The molecule has 0 aliphatic carbocycles. The van der Waals surface area contributed by atoms with Crippen molar-refractivity contribution in [1.82, 2.24) is 20.5 Å². The molecule has 2 aromatic rings. The van der Waals surface area contributed by atoms with Crippen LogP contribution in [0.5, 0.6) is 0 Å². The average molecular weight is 438 g/mol. The minimum absolute atomic E-state index is 0.0257. The van der Waals surface area contributed by atoms with E-state index < -0.39 is 23.7 Å². The standard InChI is InChI=1S/C19H21F3N6OS/c1-25-17(28-7-3-4-10(20)9-28)13(8-23)26-18(29)15-16(24)30-19(27-15)14-11(21)5-2-6-12(14)22/h2,5-6,8,10,23,25H,3-4,7,9,24H2,1H3,(H,26,29)/b17-13-,23-8?/t10-/m0/s1. The molecule has 3 rings (SSSR count). The van der Waals surface area contributed by atoms with Gasteiger partial charge in [0, 0.05) is 19.8 Å². The van der Waals surface area contributed by atoms with Crippen molar-refractivity contribution in [3.63, 3.8) is 0 Å². The first-order valence-electron chi connectivity index (χ1n) is 9.19. The third-order valence-corrected chi connectivity index (χ3v) is 5.51. The van der Waals surface area contributed by atoms with Crippen LogP contribution in [0.25, 0.3) is 10.6 Å². The summed E-state index contributed by atoms with van der Waals surface area (Å²) in [6.07, 6.45) is 1.02. The van der Waals surface area contributed by atoms with Crippen LogP contribution in [0, 0.1) is 17.0 Å². The molecule has 7 nitrogen and oxygen atoms in total. The van der Waals surface area contributed by atoms with E-state index in [1.807, 2.05) is 0 Å². The van der Waals surface area contributed by atoms with Crippen LogP contribution in [0.3, 0.4) is 0 Å². The van der Waals surface area contributed by atoms with E-state index in [1.54, 1.807) is 11.9 Å². The number of nitrogens with one attached hydrogen (secondary N) is 3. The Morgan fingerprint density at radius 3 is 2.70 bits per heavy atom. The molecule has 1 aliphatic heterocycles. The number of rotatable bonds is 6. The predicted molar refractivity (Wildman–Crippen MR) is 110 cm³/mol. The number of carbonyl (C=O) groups excluding carboxylic acids is 1. The number of anilines is 1. The zero-order valence-corrected chi connectivity index (χ0v) is 17.0. The molecule has 1 aromatic carbocycles. The first kappa shape index (κ1) is 21.6. The molecule has 160 valence electrons. The van der Waals surface area contributed by atoms with Crippen molar-refractivity contribution in [1.29, 1.82) is 5.41 Å². The summed E-state index contributed by atoms with van der Waals surface area (Å²) in [5.41, 5.74) is 5.39. The number of allylic oxidation sites excluding steroid dienone is 1. The maximum atomic E-state index is 14.0. The van der Waals surface area contributed by atoms with Gasteiger partial charge in [0.15, 0.2) is 5.69 Å². The summed E-state index contributed by atoms with van der Waals surface area (Å²) in [5.74, 6) is -2.00. The highest BCUT2D eigenvalue weighted by Gasteiger charge is 2.25. The highest BCUT2D eigenvalue weighted by molar-refractivity contribution is 7.19. The predicted octanol–water partition coefficient (Wildman–Crippen LogP) is 2.87. The number of amides is 1. The molecule has 1 atom stereocenters. The van der Waals surface area contributed by atoms with Gasteiger partial charge >= 0.3 is 0 Å². The van der Waals surface area contributed by atoms with Gasteiger partial charge in [-0.25, -0.2) is 18.2 Å². The first-order valence-corrected chi connectivity index (χ1v) is 10.0. The molecular weight excluding hydrogens is 417 g/mol. The van der Waals surface area contributed by atoms with Gasteiger partial charge in [-0.1, -0.05) is 17.4 Å². The molecule has 1 aromatic heterocycles. The first-order chi connectivity index (χ1) is 14.3. The molecule has 1 saturated heterocycles. The van der Waals surface area contributed by atoms with E-state index >= 15 is 0 Å². The number of piperidine rings is 1. The van der Waals surface area contributed by atoms with Gasteiger partial charge in [0.2, 0.25) is 0 Å². The Morgan fingerprint density at radius 2 is 2.10 bits per heavy atom. The summed E-state index contributed by atoms with van der Waals surface area (Å²) in [7, 11) is 1.60. The number of nitrogens with zero attached hydrogens (tertiary/aromatic N) is 2. The molecule has 1 aliphatic rings. The smallest absolute Gasteiger partial charge is 0.277 e. The van der Waals surface area contributed by atoms with Gasteiger partial charge in [0.25, 0.3) is 5.91 Å². The lowest BCUT2D eigenvalue weighted by Gasteiger charge is -2.33. The number of nitrogen functional groups attached to an aromatic ring is 1. The zero-order chi connectivity index (χ0) is 21.8. The minimum Gasteiger partial charge on any atom is -0.389 e. The number of likely N-dealkylation sites (tertiary alicyclic amines) is 1. The summed E-state index contributed by atoms with van der Waals surface area (Å²) < 4.78 is 41.9. The van der Waals surface area contributed by atoms with Crippen molar-refractivity contribution >= 4 is 28.5 Å². The van der Waals surface area contributed by atoms with Crippen molar-refractivity contribution in [2.24, 2.45) is 0 Å². The van der Waals surface area contributed by atoms with Crippen LogP contribution in [-0.2, 0) is 0 Å². The number of benzene rings is 1. The minimum atomic E-state index is -1.00. The highest BCUT2D eigenvalue weighted by atomic mass is 32.1. The Morgan fingerprint density at radius 1 is 1.40 bits per heavy atom. The van der Waals surface area contributed by atoms with Gasteiger partial charge in [0.05, 0.1) is 17.8 Å². The Kier molecular flexibility index (Phi) is 6.60. The van der Waals surface area contributed by atoms with Gasteiger partial charge < -0.3 is 26.7 Å². The summed E-state index contributed by atoms with van der Waals surface area (Å²) >= 11 is 0.778. The lowest BCUT2D eigenvalue weighted by molar-refractivity contribution is 0.0962. The fourth-order valence-electron chi connectivity index (χ4n) is 3.24. The van der Waals surface area contributed by atoms with Crippen molar-refractivity contribution in [2.75, 3.05) is 25.9 Å². The third kappa shape index (κ3) is 4.40. The van der Waals surface area contributed by atoms with Crippen molar-refractivity contribution in [3.8, 4) is 10.6 Å². The van der Waals surface area contributed by atoms with Crippen LogP contribution in [0.1, 0.15) is 23.3 Å². The van der Waals surface area contributed by atoms with Crippen LogP contribution in [-0.4, -0.2) is 48.3 Å². The van der Waals surface area contributed by atoms with Crippen molar-refractivity contribution in [2.45, 2.75) is 19.0 Å². The van der Waals surface area contributed by atoms with Crippen LogP contribution in [0.2, 0.25) is 0 Å². The van der Waals surface area contributed by atoms with Gasteiger partial charge in [-0.05, 0) is 25.0 Å². The molecule has 0 saturated carbocycles. The molecule has 11 heteroatoms. The molecule has 0 bridgehead atoms. The number of thiazole rings is 1. The fraction of sp³-hybridized carbons (Fsp3) is 0.316. The van der Waals surface area contributed by atoms with Crippen molar-refractivity contribution < 1.29 is 18.0 Å². The number of halogens is 3. The lowest BCUT2D eigenvalue weighted by atomic mass is 10.1. The normalized spacial score (nSPS) is 17.3. The highest BCUT2D eigenvalue weighted by Crippen LogP contribution is 2.33. The zero-order valence-electron chi connectivity index (χ0n) is 16.1. The van der Waals surface area contributed by atoms with E-state index in [0.29, 0.717) is 25.2 Å². The Bertz CT molecular complexity index is 972. The van der Waals surface area contributed by atoms with Crippen LogP contribution in [0.15, 0.2) is 29.7 Å². The van der Waals surface area contributed by atoms with E-state index in [4.69, 9.17) is 11.1 Å². The molecule has 1 amide bonds. The van der Waals surface area contributed by atoms with E-state index in [-0.39, 0.29) is 33.5 Å². The number of alkyl halides is 1. The van der Waals surface area contributed by atoms with Crippen LogP contribution < -0.4 is 16.4 Å². The maximum Gasteiger partial charge on any atom is 0.277 e. The van der Waals surface area contributed by atoms with E-state index in [0.717, 1.165) is 29.7 Å². The second-order valence-corrected chi connectivity index (χ2v) is 7.66. The molecule has 0 spiro atoms. The maximum absolute atomic E-state index is 14.0. The number of hydrogen-bond donors (Lipinski definition) is 4. The number of aromatic nitrogens is 1. The summed E-state index contributed by atoms with van der Waals surface area (Å²) in [4.78, 5) is 18.4. The topological polar surface area (TPSA) is 107 Å². The van der Waals surface area contributed by atoms with Gasteiger partial charge in [-0.2, -0.15) is 0 Å². The van der Waals surface area contributed by atoms with Gasteiger partial charge in [0.1, 0.15) is 33.6 Å². The summed E-state index contributed by atoms with van der Waals surface area (Å²) in [6.45, 7) is 0.707. The Hall–Kier alpha value is -3.08. The Labute approximate surface area is 175 Å². The Balaban J connectivity index is 1.89. The molecule has 5 N–H and O–H groups in total. The number of carbonyl (C=O) groups is 1. The molecular formula is C19H21F3N6OS. The van der Waals surface area contributed by atoms with Gasteiger partial charge in [-0.15, -0.1) is 0 Å². The average Bonchev–Trinajstić information content (AvgIpc) is 3.09. The molecule has 1 fully saturated rings. The van der Waals surface area contributed by atoms with Crippen molar-refractivity contribution in [3.05, 3.63) is 47.0 Å². The second kappa shape index (κ2) is 9.16. The van der Waals surface area contributed by atoms with E-state index in [2.05, 4.69) is 15.6 Å². The summed E-state index contributed by atoms with van der Waals surface area (Å²) in [5, 5.41) is 13.0. The summed E-state index contributed by atoms with van der Waals surface area (Å²) in [6, 6.07) is 3.39. The number of hydrogen-bond acceptors (Lipinski definition) is 7. The SMILES string of the molecule is CN/C(=C(\C=N)NC(=O)c1nc(-c2c(F)cccc2F)sc1N)N1CCC[C@H](F)C1.